The fourth-order valence-corrected chi connectivity index (χ4v) is 3.61. The van der Waals surface area contributed by atoms with Crippen LogP contribution in [0.15, 0.2) is 48.6 Å². The largest absolute Gasteiger partial charge is 0.204 e. The molecule has 1 saturated carbocycles. The summed E-state index contributed by atoms with van der Waals surface area (Å²) in [5.74, 6) is 2.66. The first-order valence-corrected chi connectivity index (χ1v) is 9.48. The summed E-state index contributed by atoms with van der Waals surface area (Å²) in [5, 5.41) is 0. The van der Waals surface area contributed by atoms with Crippen molar-refractivity contribution in [1.29, 1.82) is 0 Å². The molecular formula is C24H23F3. The Morgan fingerprint density at radius 3 is 2.19 bits per heavy atom. The molecule has 140 valence electrons. The summed E-state index contributed by atoms with van der Waals surface area (Å²) in [7, 11) is 0. The molecule has 0 spiro atoms. The van der Waals surface area contributed by atoms with Crippen LogP contribution in [0.2, 0.25) is 0 Å². The third kappa shape index (κ3) is 5.04. The van der Waals surface area contributed by atoms with Crippen molar-refractivity contribution in [2.24, 2.45) is 5.92 Å². The highest BCUT2D eigenvalue weighted by atomic mass is 19.2. The van der Waals surface area contributed by atoms with Gasteiger partial charge in [-0.2, -0.15) is 0 Å². The van der Waals surface area contributed by atoms with Crippen LogP contribution in [0.1, 0.15) is 55.2 Å². The van der Waals surface area contributed by atoms with E-state index in [9.17, 15) is 13.2 Å². The second kappa shape index (κ2) is 8.95. The van der Waals surface area contributed by atoms with Crippen LogP contribution < -0.4 is 0 Å². The minimum absolute atomic E-state index is 0.135. The van der Waals surface area contributed by atoms with Crippen LogP contribution in [0.3, 0.4) is 0 Å². The van der Waals surface area contributed by atoms with Crippen molar-refractivity contribution in [3.05, 3.63) is 82.7 Å². The van der Waals surface area contributed by atoms with Crippen molar-refractivity contribution in [3.8, 4) is 11.8 Å². The molecule has 1 fully saturated rings. The number of hydrogen-bond acceptors (Lipinski definition) is 0. The van der Waals surface area contributed by atoms with Gasteiger partial charge in [0, 0.05) is 5.56 Å². The SMILES string of the molecule is CCc1ccc([C@H]2CC[C@H](/C=C/C#Cc3cc(F)c(F)c(F)c3)CC2)cc1. The van der Waals surface area contributed by atoms with Gasteiger partial charge in [-0.3, -0.25) is 0 Å². The first kappa shape index (κ1) is 19.3. The van der Waals surface area contributed by atoms with E-state index in [4.69, 9.17) is 0 Å². The molecule has 0 saturated heterocycles. The molecule has 0 bridgehead atoms. The molecule has 2 aromatic carbocycles. The highest BCUT2D eigenvalue weighted by molar-refractivity contribution is 5.38. The average molecular weight is 368 g/mol. The predicted molar refractivity (Wildman–Crippen MR) is 103 cm³/mol. The maximum atomic E-state index is 13.2. The molecule has 0 unspecified atom stereocenters. The highest BCUT2D eigenvalue weighted by Crippen LogP contribution is 2.36. The zero-order chi connectivity index (χ0) is 19.2. The molecule has 0 heterocycles. The molecule has 3 heteroatoms. The van der Waals surface area contributed by atoms with E-state index in [1.165, 1.54) is 11.1 Å². The van der Waals surface area contributed by atoms with Crippen molar-refractivity contribution in [1.82, 2.24) is 0 Å². The zero-order valence-corrected chi connectivity index (χ0v) is 15.4. The van der Waals surface area contributed by atoms with Gasteiger partial charge in [0.05, 0.1) is 0 Å². The summed E-state index contributed by atoms with van der Waals surface area (Å²) in [5.41, 5.74) is 2.93. The van der Waals surface area contributed by atoms with Crippen LogP contribution in [0.25, 0.3) is 0 Å². The summed E-state index contributed by atoms with van der Waals surface area (Å²) in [6.45, 7) is 2.17. The van der Waals surface area contributed by atoms with Gasteiger partial charge >= 0.3 is 0 Å². The minimum atomic E-state index is -1.46. The molecule has 0 amide bonds. The van der Waals surface area contributed by atoms with Crippen LogP contribution >= 0.6 is 0 Å². The van der Waals surface area contributed by atoms with Crippen molar-refractivity contribution < 1.29 is 13.2 Å². The van der Waals surface area contributed by atoms with Crippen LogP contribution in [-0.2, 0) is 6.42 Å². The fourth-order valence-electron chi connectivity index (χ4n) is 3.61. The third-order valence-electron chi connectivity index (χ3n) is 5.28. The molecule has 0 radical (unpaired) electrons. The Morgan fingerprint density at radius 2 is 1.59 bits per heavy atom. The topological polar surface area (TPSA) is 0 Å². The third-order valence-corrected chi connectivity index (χ3v) is 5.28. The maximum absolute atomic E-state index is 13.2. The van der Waals surface area contributed by atoms with Gasteiger partial charge in [-0.25, -0.2) is 13.2 Å². The molecule has 0 nitrogen and oxygen atoms in total. The predicted octanol–water partition coefficient (Wildman–Crippen LogP) is 6.55. The normalized spacial score (nSPS) is 19.7. The summed E-state index contributed by atoms with van der Waals surface area (Å²) in [4.78, 5) is 0. The van der Waals surface area contributed by atoms with E-state index in [0.717, 1.165) is 44.2 Å². The Hall–Kier alpha value is -2.47. The van der Waals surface area contributed by atoms with E-state index in [2.05, 4.69) is 49.1 Å². The van der Waals surface area contributed by atoms with E-state index < -0.39 is 17.5 Å². The lowest BCUT2D eigenvalue weighted by Gasteiger charge is -2.27. The first-order valence-electron chi connectivity index (χ1n) is 9.48. The molecule has 3 rings (SSSR count). The zero-order valence-electron chi connectivity index (χ0n) is 15.4. The Labute approximate surface area is 159 Å². The van der Waals surface area contributed by atoms with Gasteiger partial charge in [-0.15, -0.1) is 0 Å². The van der Waals surface area contributed by atoms with E-state index in [-0.39, 0.29) is 5.56 Å². The maximum Gasteiger partial charge on any atom is 0.194 e. The Kier molecular flexibility index (Phi) is 6.40. The average Bonchev–Trinajstić information content (AvgIpc) is 2.70. The van der Waals surface area contributed by atoms with Crippen molar-refractivity contribution in [2.45, 2.75) is 44.9 Å². The number of hydrogen-bond donors (Lipinski definition) is 0. The molecule has 0 N–H and O–H groups in total. The number of benzene rings is 2. The fraction of sp³-hybridized carbons (Fsp3) is 0.333. The summed E-state index contributed by atoms with van der Waals surface area (Å²) in [6.07, 6.45) is 9.40. The molecule has 1 aliphatic carbocycles. The van der Waals surface area contributed by atoms with Crippen molar-refractivity contribution in [2.75, 3.05) is 0 Å². The molecule has 0 aliphatic heterocycles. The number of allylic oxidation sites excluding steroid dienone is 2. The molecule has 1 aliphatic rings. The van der Waals surface area contributed by atoms with Crippen LogP contribution in [-0.4, -0.2) is 0 Å². The van der Waals surface area contributed by atoms with Crippen LogP contribution in [0, 0.1) is 35.2 Å². The van der Waals surface area contributed by atoms with Crippen molar-refractivity contribution >= 4 is 0 Å². The highest BCUT2D eigenvalue weighted by Gasteiger charge is 2.20. The van der Waals surface area contributed by atoms with E-state index in [1.807, 2.05) is 0 Å². The lowest BCUT2D eigenvalue weighted by Crippen LogP contribution is -2.11. The van der Waals surface area contributed by atoms with Crippen molar-refractivity contribution in [3.63, 3.8) is 0 Å². The number of rotatable bonds is 3. The van der Waals surface area contributed by atoms with Gasteiger partial charge in [0.2, 0.25) is 0 Å². The summed E-state index contributed by atoms with van der Waals surface area (Å²) >= 11 is 0. The lowest BCUT2D eigenvalue weighted by atomic mass is 9.78. The molecule has 2 aromatic rings. The second-order valence-corrected chi connectivity index (χ2v) is 7.09. The minimum Gasteiger partial charge on any atom is -0.204 e. The molecule has 0 aromatic heterocycles. The Balaban J connectivity index is 1.53. The number of halogens is 3. The number of aryl methyl sites for hydroxylation is 1. The summed E-state index contributed by atoms with van der Waals surface area (Å²) in [6, 6.07) is 10.8. The smallest absolute Gasteiger partial charge is 0.194 e. The monoisotopic (exact) mass is 368 g/mol. The van der Waals surface area contributed by atoms with Gasteiger partial charge in [0.15, 0.2) is 17.5 Å². The Bertz CT molecular complexity index is 838. The van der Waals surface area contributed by atoms with Gasteiger partial charge in [-0.1, -0.05) is 49.1 Å². The van der Waals surface area contributed by atoms with Gasteiger partial charge in [0.25, 0.3) is 0 Å². The molecular weight excluding hydrogens is 345 g/mol. The van der Waals surface area contributed by atoms with Gasteiger partial charge < -0.3 is 0 Å². The molecule has 27 heavy (non-hydrogen) atoms. The standard InChI is InChI=1S/C24H23F3/c1-2-17-7-11-20(12-8-17)21-13-9-18(10-14-21)5-3-4-6-19-15-22(25)24(27)23(26)16-19/h3,5,7-8,11-12,15-16,18,21H,2,9-10,13-14H2,1H3/b5-3+/t18-,21-. The van der Waals surface area contributed by atoms with Crippen LogP contribution in [0.5, 0.6) is 0 Å². The van der Waals surface area contributed by atoms with Gasteiger partial charge in [0.1, 0.15) is 0 Å². The summed E-state index contributed by atoms with van der Waals surface area (Å²) < 4.78 is 39.2. The van der Waals surface area contributed by atoms with Gasteiger partial charge in [-0.05, 0) is 73.3 Å². The molecule has 0 atom stereocenters. The Morgan fingerprint density at radius 1 is 0.963 bits per heavy atom. The van der Waals surface area contributed by atoms with Crippen LogP contribution in [0.4, 0.5) is 13.2 Å². The lowest BCUT2D eigenvalue weighted by molar-refractivity contribution is 0.376. The quantitative estimate of drug-likeness (QED) is 0.426. The second-order valence-electron chi connectivity index (χ2n) is 7.09. The van der Waals surface area contributed by atoms with E-state index in [0.29, 0.717) is 11.8 Å². The van der Waals surface area contributed by atoms with E-state index in [1.54, 1.807) is 6.08 Å². The first-order chi connectivity index (χ1) is 13.1. The van der Waals surface area contributed by atoms with E-state index >= 15 is 0 Å².